The smallest absolute Gasteiger partial charge is 1.00 e. The van der Waals surface area contributed by atoms with Crippen LogP contribution in [0.1, 0.15) is 12.6 Å². The first kappa shape index (κ1) is 19.3. The fourth-order valence-electron chi connectivity index (χ4n) is 2.57. The predicted octanol–water partition coefficient (Wildman–Crippen LogP) is 3.28. The maximum atomic E-state index is 13.0. The molecule has 0 atom stereocenters. The van der Waals surface area contributed by atoms with Crippen molar-refractivity contribution < 1.29 is 48.9 Å². The number of halogens is 5. The summed E-state index contributed by atoms with van der Waals surface area (Å²) in [6.07, 6.45) is -3.31. The van der Waals surface area contributed by atoms with Crippen LogP contribution in [0.15, 0.2) is 36.4 Å². The van der Waals surface area contributed by atoms with Crippen LogP contribution in [0.5, 0.6) is 0 Å². The third-order valence-corrected chi connectivity index (χ3v) is 4.09. The zero-order valence-electron chi connectivity index (χ0n) is 13.3. The number of hydrogen-bond donors (Lipinski definition) is 0. The Kier molecular flexibility index (Phi) is 5.71. The Morgan fingerprint density at radius 2 is 1.62 bits per heavy atom. The monoisotopic (exact) mass is 378 g/mol. The van der Waals surface area contributed by atoms with Gasteiger partial charge in [-0.2, -0.15) is 13.2 Å². The van der Waals surface area contributed by atoms with Gasteiger partial charge in [-0.15, -0.1) is 0 Å². The molecule has 0 saturated heterocycles. The molecule has 7 heteroatoms. The van der Waals surface area contributed by atoms with Gasteiger partial charge in [-0.1, -0.05) is 29.3 Å². The molecule has 3 aromatic rings. The predicted molar refractivity (Wildman–Crippen MR) is 87.7 cm³/mol. The molecule has 0 fully saturated rings. The molecule has 0 amide bonds. The van der Waals surface area contributed by atoms with Crippen LogP contribution in [0.25, 0.3) is 27.6 Å². The van der Waals surface area contributed by atoms with Crippen molar-refractivity contribution in [3.05, 3.63) is 57.6 Å². The average Bonchev–Trinajstić information content (AvgIpc) is 2.47. The topological polar surface area (TPSA) is 17.1 Å². The van der Waals surface area contributed by atoms with E-state index in [0.717, 1.165) is 12.1 Å². The van der Waals surface area contributed by atoms with Gasteiger partial charge in [0.25, 0.3) is 0 Å². The van der Waals surface area contributed by atoms with Crippen LogP contribution in [0.3, 0.4) is 0 Å². The van der Waals surface area contributed by atoms with Crippen LogP contribution in [0.2, 0.25) is 10.0 Å². The molecule has 0 saturated carbocycles. The first-order valence-corrected chi connectivity index (χ1v) is 7.20. The molecule has 0 aliphatic heterocycles. The summed E-state index contributed by atoms with van der Waals surface area (Å²) in [6.45, 7) is 0. The molecule has 0 aliphatic rings. The van der Waals surface area contributed by atoms with Gasteiger partial charge in [-0.3, -0.25) is 0 Å². The van der Waals surface area contributed by atoms with Crippen molar-refractivity contribution in [3.63, 3.8) is 0 Å². The van der Waals surface area contributed by atoms with Gasteiger partial charge in [0, 0.05) is 21.5 Å². The summed E-state index contributed by atoms with van der Waals surface area (Å²) in [7, 11) is 0. The molecular weight excluding hydrogens is 371 g/mol. The third-order valence-electron chi connectivity index (χ3n) is 3.56. The van der Waals surface area contributed by atoms with Crippen LogP contribution in [0, 0.1) is 0 Å². The second-order valence-electron chi connectivity index (χ2n) is 4.97. The molecular formula is C17H8Cl2F3NaO. The SMILES string of the molecule is O=C=Cc1cc2c(Cl)cc(Cl)cc2c2cc(C(F)(F)F)ccc12.[H-].[Na+]. The van der Waals surface area contributed by atoms with Gasteiger partial charge >= 0.3 is 35.7 Å². The van der Waals surface area contributed by atoms with E-state index < -0.39 is 11.7 Å². The summed E-state index contributed by atoms with van der Waals surface area (Å²) in [5, 5.41) is 2.44. The summed E-state index contributed by atoms with van der Waals surface area (Å²) in [6, 6.07) is 8.03. The average molecular weight is 379 g/mol. The summed E-state index contributed by atoms with van der Waals surface area (Å²) >= 11 is 12.1. The summed E-state index contributed by atoms with van der Waals surface area (Å²) in [4.78, 5) is 10.7. The minimum Gasteiger partial charge on any atom is -1.00 e. The van der Waals surface area contributed by atoms with Gasteiger partial charge in [0.15, 0.2) is 0 Å². The van der Waals surface area contributed by atoms with Gasteiger partial charge in [-0.05, 0) is 52.1 Å². The first-order chi connectivity index (χ1) is 10.8. The van der Waals surface area contributed by atoms with Crippen LogP contribution >= 0.6 is 23.2 Å². The molecule has 0 spiro atoms. The van der Waals surface area contributed by atoms with E-state index in [0.29, 0.717) is 37.2 Å². The van der Waals surface area contributed by atoms with Crippen molar-refractivity contribution in [3.8, 4) is 0 Å². The molecule has 0 aromatic heterocycles. The molecule has 0 unspecified atom stereocenters. The van der Waals surface area contributed by atoms with Crippen molar-refractivity contribution in [2.24, 2.45) is 0 Å². The van der Waals surface area contributed by atoms with Gasteiger partial charge < -0.3 is 1.43 Å². The Hall–Kier alpha value is -1.00. The molecule has 118 valence electrons. The largest absolute Gasteiger partial charge is 1.00 e. The maximum absolute atomic E-state index is 13.0. The molecule has 0 bridgehead atoms. The number of carbonyl (C=O) groups excluding carboxylic acids is 1. The van der Waals surface area contributed by atoms with Crippen molar-refractivity contribution >= 4 is 56.8 Å². The van der Waals surface area contributed by atoms with Crippen molar-refractivity contribution in [1.29, 1.82) is 0 Å². The Bertz CT molecular complexity index is 999. The Balaban J connectivity index is 0.00000156. The van der Waals surface area contributed by atoms with E-state index in [1.807, 2.05) is 0 Å². The molecule has 3 rings (SSSR count). The number of rotatable bonds is 1. The van der Waals surface area contributed by atoms with Crippen LogP contribution in [-0.4, -0.2) is 5.94 Å². The number of fused-ring (bicyclic) bond motifs is 3. The van der Waals surface area contributed by atoms with Crippen LogP contribution < -0.4 is 29.6 Å². The zero-order chi connectivity index (χ0) is 16.8. The number of hydrogen-bond acceptors (Lipinski definition) is 1. The van der Waals surface area contributed by atoms with E-state index >= 15 is 0 Å². The van der Waals surface area contributed by atoms with E-state index in [4.69, 9.17) is 23.2 Å². The third kappa shape index (κ3) is 3.50. The second-order valence-corrected chi connectivity index (χ2v) is 5.81. The minimum atomic E-state index is -4.47. The molecule has 0 radical (unpaired) electrons. The van der Waals surface area contributed by atoms with Crippen molar-refractivity contribution in [2.45, 2.75) is 6.18 Å². The van der Waals surface area contributed by atoms with E-state index in [1.54, 1.807) is 18.1 Å². The zero-order valence-corrected chi connectivity index (χ0v) is 15.9. The molecule has 24 heavy (non-hydrogen) atoms. The quantitative estimate of drug-likeness (QED) is 0.360. The Labute approximate surface area is 168 Å². The van der Waals surface area contributed by atoms with Gasteiger partial charge in [0.1, 0.15) is 5.94 Å². The standard InChI is InChI=1S/C17H7Cl2F3O.Na.H/c18-11-7-14-13-6-10(17(20,21)22)1-2-12(13)9(3-4-23)5-15(14)16(19)8-11;;/h1-3,5-8H;;/q;+1;-1. The Morgan fingerprint density at radius 1 is 0.958 bits per heavy atom. The fraction of sp³-hybridized carbons (Fsp3) is 0.0588. The molecule has 1 nitrogen and oxygen atoms in total. The summed E-state index contributed by atoms with van der Waals surface area (Å²) < 4.78 is 39.0. The van der Waals surface area contributed by atoms with E-state index in [1.165, 1.54) is 18.2 Å². The summed E-state index contributed by atoms with van der Waals surface area (Å²) in [5.74, 6) is 1.65. The minimum absolute atomic E-state index is 0. The molecule has 0 heterocycles. The van der Waals surface area contributed by atoms with Gasteiger partial charge in [0.2, 0.25) is 0 Å². The number of alkyl halides is 3. The van der Waals surface area contributed by atoms with Crippen molar-refractivity contribution in [1.82, 2.24) is 0 Å². The first-order valence-electron chi connectivity index (χ1n) is 6.45. The van der Waals surface area contributed by atoms with Crippen molar-refractivity contribution in [2.75, 3.05) is 0 Å². The van der Waals surface area contributed by atoms with E-state index in [9.17, 15) is 18.0 Å². The Morgan fingerprint density at radius 3 is 2.25 bits per heavy atom. The maximum Gasteiger partial charge on any atom is 1.00 e. The molecule has 0 N–H and O–H groups in total. The molecule has 3 aromatic carbocycles. The normalized spacial score (nSPS) is 11.2. The molecule has 0 aliphatic carbocycles. The fourth-order valence-corrected chi connectivity index (χ4v) is 3.11. The van der Waals surface area contributed by atoms with Crippen LogP contribution in [0.4, 0.5) is 13.2 Å². The second kappa shape index (κ2) is 7.09. The van der Waals surface area contributed by atoms with Gasteiger partial charge in [-0.25, -0.2) is 4.79 Å². The summed E-state index contributed by atoms with van der Waals surface area (Å²) in [5.41, 5.74) is -0.338. The van der Waals surface area contributed by atoms with E-state index in [2.05, 4.69) is 0 Å². The van der Waals surface area contributed by atoms with Crippen LogP contribution in [-0.2, 0) is 11.0 Å². The van der Waals surface area contributed by atoms with Gasteiger partial charge in [0.05, 0.1) is 5.56 Å². The number of benzene rings is 3. The van der Waals surface area contributed by atoms with E-state index in [-0.39, 0.29) is 31.0 Å².